The van der Waals surface area contributed by atoms with Crippen molar-refractivity contribution >= 4 is 17.0 Å². The van der Waals surface area contributed by atoms with Crippen molar-refractivity contribution in [1.29, 1.82) is 0 Å². The monoisotopic (exact) mass is 379 g/mol. The molecule has 0 spiro atoms. The molecule has 0 bridgehead atoms. The Kier molecular flexibility index (Phi) is 5.30. The Balaban J connectivity index is 1.68. The Bertz CT molecular complexity index is 946. The minimum Gasteiger partial charge on any atom is -0.450 e. The SMILES string of the molecule is CCOC(=O)N1CC[NH+]([C@H](c2cccnc2)c2c(C)[nH]c3ccccc23)CC1. The van der Waals surface area contributed by atoms with Gasteiger partial charge in [-0.3, -0.25) is 9.88 Å². The maximum atomic E-state index is 12.1. The molecule has 2 N–H and O–H groups in total. The van der Waals surface area contributed by atoms with Crippen molar-refractivity contribution in [3.05, 3.63) is 65.6 Å². The van der Waals surface area contributed by atoms with Gasteiger partial charge in [-0.05, 0) is 32.0 Å². The number of quaternary nitrogens is 1. The second kappa shape index (κ2) is 8.02. The third-order valence-corrected chi connectivity index (χ3v) is 5.59. The summed E-state index contributed by atoms with van der Waals surface area (Å²) in [6.45, 7) is 7.55. The van der Waals surface area contributed by atoms with E-state index in [4.69, 9.17) is 4.74 Å². The lowest BCUT2D eigenvalue weighted by molar-refractivity contribution is -0.929. The van der Waals surface area contributed by atoms with Gasteiger partial charge in [-0.2, -0.15) is 0 Å². The number of hydrogen-bond acceptors (Lipinski definition) is 3. The van der Waals surface area contributed by atoms with Crippen molar-refractivity contribution < 1.29 is 14.4 Å². The highest BCUT2D eigenvalue weighted by molar-refractivity contribution is 5.85. The number of H-pyrrole nitrogens is 1. The molecule has 3 heterocycles. The largest absolute Gasteiger partial charge is 0.450 e. The molecule has 1 aliphatic heterocycles. The van der Waals surface area contributed by atoms with E-state index < -0.39 is 0 Å². The van der Waals surface area contributed by atoms with Crippen LogP contribution >= 0.6 is 0 Å². The Morgan fingerprint density at radius 2 is 2.04 bits per heavy atom. The van der Waals surface area contributed by atoms with Crippen LogP contribution in [0.2, 0.25) is 0 Å². The van der Waals surface area contributed by atoms with Gasteiger partial charge in [0.05, 0.1) is 32.8 Å². The van der Waals surface area contributed by atoms with Gasteiger partial charge in [0.1, 0.15) is 6.04 Å². The number of para-hydroxylation sites is 1. The van der Waals surface area contributed by atoms with Gasteiger partial charge in [-0.25, -0.2) is 4.79 Å². The van der Waals surface area contributed by atoms with Crippen molar-refractivity contribution in [1.82, 2.24) is 14.9 Å². The molecule has 2 aromatic heterocycles. The van der Waals surface area contributed by atoms with Gasteiger partial charge in [0.15, 0.2) is 0 Å². The summed E-state index contributed by atoms with van der Waals surface area (Å²) >= 11 is 0. The van der Waals surface area contributed by atoms with E-state index in [1.54, 1.807) is 0 Å². The summed E-state index contributed by atoms with van der Waals surface area (Å²) in [7, 11) is 0. The van der Waals surface area contributed by atoms with Crippen LogP contribution in [0.3, 0.4) is 0 Å². The molecule has 1 amide bonds. The molecule has 0 aliphatic carbocycles. The first-order valence-corrected chi connectivity index (χ1v) is 9.92. The summed E-state index contributed by atoms with van der Waals surface area (Å²) in [5.41, 5.74) is 4.88. The Labute approximate surface area is 165 Å². The van der Waals surface area contributed by atoms with Gasteiger partial charge in [0.25, 0.3) is 0 Å². The summed E-state index contributed by atoms with van der Waals surface area (Å²) in [6, 6.07) is 12.8. The van der Waals surface area contributed by atoms with Gasteiger partial charge in [-0.1, -0.05) is 18.2 Å². The van der Waals surface area contributed by atoms with E-state index in [1.165, 1.54) is 27.1 Å². The highest BCUT2D eigenvalue weighted by Gasteiger charge is 2.34. The molecule has 6 nitrogen and oxygen atoms in total. The first-order valence-electron chi connectivity index (χ1n) is 9.92. The quantitative estimate of drug-likeness (QED) is 0.731. The number of rotatable bonds is 4. The van der Waals surface area contributed by atoms with Crippen LogP contribution in [0, 0.1) is 6.92 Å². The number of piperazine rings is 1. The summed E-state index contributed by atoms with van der Waals surface area (Å²) in [6.07, 6.45) is 3.58. The smallest absolute Gasteiger partial charge is 0.410 e. The van der Waals surface area contributed by atoms with Crippen LogP contribution in [0.1, 0.15) is 29.8 Å². The molecule has 1 fully saturated rings. The molecule has 1 aliphatic rings. The van der Waals surface area contributed by atoms with Crippen LogP contribution in [0.5, 0.6) is 0 Å². The first-order chi connectivity index (χ1) is 13.7. The van der Waals surface area contributed by atoms with Crippen LogP contribution < -0.4 is 4.90 Å². The average molecular weight is 379 g/mol. The number of fused-ring (bicyclic) bond motifs is 1. The van der Waals surface area contributed by atoms with Crippen LogP contribution in [0.15, 0.2) is 48.8 Å². The number of benzene rings is 1. The fourth-order valence-electron chi connectivity index (χ4n) is 4.30. The van der Waals surface area contributed by atoms with E-state index in [2.05, 4.69) is 47.2 Å². The zero-order chi connectivity index (χ0) is 19.5. The molecule has 4 rings (SSSR count). The molecule has 28 heavy (non-hydrogen) atoms. The lowest BCUT2D eigenvalue weighted by Crippen LogP contribution is -3.15. The van der Waals surface area contributed by atoms with Crippen LogP contribution in [0.4, 0.5) is 4.79 Å². The van der Waals surface area contributed by atoms with Crippen molar-refractivity contribution in [2.24, 2.45) is 0 Å². The molecular formula is C22H27N4O2+. The first kappa shape index (κ1) is 18.5. The second-order valence-corrected chi connectivity index (χ2v) is 7.27. The number of aromatic amines is 1. The van der Waals surface area contributed by atoms with Gasteiger partial charge in [0.2, 0.25) is 0 Å². The minimum atomic E-state index is -0.206. The Hall–Kier alpha value is -2.86. The number of hydrogen-bond donors (Lipinski definition) is 2. The van der Waals surface area contributed by atoms with Crippen molar-refractivity contribution in [3.63, 3.8) is 0 Å². The van der Waals surface area contributed by atoms with Crippen LogP contribution in [-0.4, -0.2) is 53.7 Å². The zero-order valence-electron chi connectivity index (χ0n) is 16.4. The molecule has 1 aromatic carbocycles. The fourth-order valence-corrected chi connectivity index (χ4v) is 4.30. The predicted octanol–water partition coefficient (Wildman–Crippen LogP) is 2.32. The van der Waals surface area contributed by atoms with Crippen LogP contribution in [0.25, 0.3) is 10.9 Å². The predicted molar refractivity (Wildman–Crippen MR) is 108 cm³/mol. The normalized spacial score (nSPS) is 16.3. The summed E-state index contributed by atoms with van der Waals surface area (Å²) < 4.78 is 5.17. The molecule has 1 atom stereocenters. The number of amides is 1. The molecule has 146 valence electrons. The molecule has 0 radical (unpaired) electrons. The molecule has 0 saturated carbocycles. The van der Waals surface area contributed by atoms with E-state index in [9.17, 15) is 4.79 Å². The molecule has 3 aromatic rings. The van der Waals surface area contributed by atoms with E-state index in [-0.39, 0.29) is 12.1 Å². The van der Waals surface area contributed by atoms with Crippen molar-refractivity contribution in [2.45, 2.75) is 19.9 Å². The number of pyridine rings is 1. The van der Waals surface area contributed by atoms with E-state index >= 15 is 0 Å². The van der Waals surface area contributed by atoms with Crippen molar-refractivity contribution in [3.8, 4) is 0 Å². The summed E-state index contributed by atoms with van der Waals surface area (Å²) in [4.78, 5) is 23.3. The number of aromatic nitrogens is 2. The second-order valence-electron chi connectivity index (χ2n) is 7.27. The zero-order valence-corrected chi connectivity index (χ0v) is 16.4. The third kappa shape index (κ3) is 3.47. The Morgan fingerprint density at radius 3 is 2.75 bits per heavy atom. The number of carbonyl (C=O) groups is 1. The molecule has 0 unspecified atom stereocenters. The van der Waals surface area contributed by atoms with E-state index in [1.807, 2.05) is 30.3 Å². The van der Waals surface area contributed by atoms with Crippen molar-refractivity contribution in [2.75, 3.05) is 32.8 Å². The molecule has 6 heteroatoms. The number of aryl methyl sites for hydroxylation is 1. The molecular weight excluding hydrogens is 352 g/mol. The highest BCUT2D eigenvalue weighted by atomic mass is 16.6. The minimum absolute atomic E-state index is 0.175. The number of nitrogens with one attached hydrogen (secondary N) is 2. The lowest BCUT2D eigenvalue weighted by atomic mass is 9.95. The topological polar surface area (TPSA) is 62.7 Å². The number of carbonyl (C=O) groups excluding carboxylic acids is 1. The number of nitrogens with zero attached hydrogens (tertiary/aromatic N) is 2. The fraction of sp³-hybridized carbons (Fsp3) is 0.364. The van der Waals surface area contributed by atoms with Gasteiger partial charge >= 0.3 is 6.09 Å². The highest BCUT2D eigenvalue weighted by Crippen LogP contribution is 2.30. The van der Waals surface area contributed by atoms with Gasteiger partial charge < -0.3 is 14.6 Å². The maximum Gasteiger partial charge on any atom is 0.410 e. The molecule has 1 saturated heterocycles. The summed E-state index contributed by atoms with van der Waals surface area (Å²) in [5, 5.41) is 1.26. The summed E-state index contributed by atoms with van der Waals surface area (Å²) in [5.74, 6) is 0. The van der Waals surface area contributed by atoms with E-state index in [0.29, 0.717) is 19.7 Å². The van der Waals surface area contributed by atoms with E-state index in [0.717, 1.165) is 18.6 Å². The van der Waals surface area contributed by atoms with Gasteiger partial charge in [0, 0.05) is 40.1 Å². The number of ether oxygens (including phenoxy) is 1. The lowest BCUT2D eigenvalue weighted by Gasteiger charge is -2.36. The third-order valence-electron chi connectivity index (χ3n) is 5.59. The average Bonchev–Trinajstić information content (AvgIpc) is 3.06. The maximum absolute atomic E-state index is 12.1. The standard InChI is InChI=1S/C22H26N4O2/c1-3-28-22(27)26-13-11-25(12-14-26)21(17-7-6-10-23-15-17)20-16(2)24-19-9-5-4-8-18(19)20/h4-10,15,21,24H,3,11-14H2,1-2H3/p+1/t21-/m1/s1. The Morgan fingerprint density at radius 1 is 1.25 bits per heavy atom. The van der Waals surface area contributed by atoms with Gasteiger partial charge in [-0.15, -0.1) is 0 Å². The van der Waals surface area contributed by atoms with Crippen LogP contribution in [-0.2, 0) is 4.74 Å².